The van der Waals surface area contributed by atoms with Crippen LogP contribution >= 0.6 is 11.6 Å². The predicted molar refractivity (Wildman–Crippen MR) is 81.1 cm³/mol. The molecule has 2 nitrogen and oxygen atoms in total. The average molecular weight is 282 g/mol. The second-order valence-corrected chi connectivity index (χ2v) is 6.01. The van der Waals surface area contributed by atoms with Crippen molar-refractivity contribution in [3.05, 3.63) is 28.3 Å². The van der Waals surface area contributed by atoms with Crippen LogP contribution in [0.3, 0.4) is 0 Å². The highest BCUT2D eigenvalue weighted by atomic mass is 35.5. The molecule has 19 heavy (non-hydrogen) atoms. The highest BCUT2D eigenvalue weighted by molar-refractivity contribution is 6.32. The van der Waals surface area contributed by atoms with E-state index in [0.717, 1.165) is 36.1 Å². The maximum absolute atomic E-state index is 6.41. The Morgan fingerprint density at radius 3 is 2.74 bits per heavy atom. The first-order valence-corrected chi connectivity index (χ1v) is 7.68. The minimum Gasteiger partial charge on any atom is -0.491 e. The van der Waals surface area contributed by atoms with E-state index in [2.05, 4.69) is 19.9 Å². The molecule has 0 heterocycles. The van der Waals surface area contributed by atoms with Gasteiger partial charge in [-0.15, -0.1) is 0 Å². The van der Waals surface area contributed by atoms with Crippen LogP contribution < -0.4 is 10.5 Å². The Morgan fingerprint density at radius 1 is 1.42 bits per heavy atom. The van der Waals surface area contributed by atoms with E-state index in [9.17, 15) is 0 Å². The van der Waals surface area contributed by atoms with Crippen LogP contribution in [0.5, 0.6) is 5.75 Å². The van der Waals surface area contributed by atoms with Gasteiger partial charge in [-0.3, -0.25) is 0 Å². The Hall–Kier alpha value is -0.730. The minimum absolute atomic E-state index is 0.462. The molecule has 0 aromatic heterocycles. The van der Waals surface area contributed by atoms with Gasteiger partial charge in [0.15, 0.2) is 0 Å². The zero-order valence-electron chi connectivity index (χ0n) is 11.9. The average Bonchev–Trinajstić information content (AvgIpc) is 3.20. The number of hydrogen-bond donors (Lipinski definition) is 1. The summed E-state index contributed by atoms with van der Waals surface area (Å²) >= 11 is 6.41. The highest BCUT2D eigenvalue weighted by Gasteiger charge is 2.24. The first-order valence-electron chi connectivity index (χ1n) is 7.30. The normalized spacial score (nSPS) is 16.4. The summed E-state index contributed by atoms with van der Waals surface area (Å²) in [5.41, 5.74) is 8.08. The zero-order valence-corrected chi connectivity index (χ0v) is 12.7. The van der Waals surface area contributed by atoms with Crippen molar-refractivity contribution in [2.45, 2.75) is 45.4 Å². The molecule has 2 rings (SSSR count). The molecule has 0 radical (unpaired) electrons. The molecule has 0 aliphatic heterocycles. The molecule has 106 valence electrons. The molecule has 1 aromatic rings. The van der Waals surface area contributed by atoms with Gasteiger partial charge in [0.25, 0.3) is 0 Å². The lowest BCUT2D eigenvalue weighted by Crippen LogP contribution is -2.07. The second kappa shape index (κ2) is 6.62. The molecule has 1 atom stereocenters. The molecular formula is C16H24ClNO. The lowest BCUT2D eigenvalue weighted by molar-refractivity contribution is 0.295. The molecule has 1 saturated carbocycles. The SMILES string of the molecule is CCC(C)c1cc(CCN)cc(Cl)c1OCC1CC1. The fraction of sp³-hybridized carbons (Fsp3) is 0.625. The fourth-order valence-corrected chi connectivity index (χ4v) is 2.51. The maximum Gasteiger partial charge on any atom is 0.141 e. The third-order valence-corrected chi connectivity index (χ3v) is 4.15. The number of rotatable bonds is 7. The summed E-state index contributed by atoms with van der Waals surface area (Å²) in [5, 5.41) is 0.738. The van der Waals surface area contributed by atoms with Crippen LogP contribution in [0.1, 0.15) is 50.2 Å². The summed E-state index contributed by atoms with van der Waals surface area (Å²) < 4.78 is 5.98. The first-order chi connectivity index (χ1) is 9.15. The van der Waals surface area contributed by atoms with Crippen LogP contribution in [0.15, 0.2) is 12.1 Å². The van der Waals surface area contributed by atoms with Crippen molar-refractivity contribution in [1.82, 2.24) is 0 Å². The van der Waals surface area contributed by atoms with Crippen LogP contribution in [0.2, 0.25) is 5.02 Å². The highest BCUT2D eigenvalue weighted by Crippen LogP contribution is 2.38. The molecule has 1 aromatic carbocycles. The van der Waals surface area contributed by atoms with Gasteiger partial charge in [-0.1, -0.05) is 31.5 Å². The van der Waals surface area contributed by atoms with Gasteiger partial charge in [0.1, 0.15) is 5.75 Å². The molecule has 0 spiro atoms. The molecule has 2 N–H and O–H groups in total. The van der Waals surface area contributed by atoms with E-state index in [1.807, 2.05) is 6.07 Å². The molecular weight excluding hydrogens is 258 g/mol. The van der Waals surface area contributed by atoms with Gasteiger partial charge < -0.3 is 10.5 Å². The Kier molecular flexibility index (Phi) is 5.12. The summed E-state index contributed by atoms with van der Waals surface area (Å²) in [6.07, 6.45) is 4.54. The van der Waals surface area contributed by atoms with Gasteiger partial charge in [0, 0.05) is 0 Å². The monoisotopic (exact) mass is 281 g/mol. The Labute approximate surface area is 121 Å². The van der Waals surface area contributed by atoms with Crippen molar-refractivity contribution < 1.29 is 4.74 Å². The summed E-state index contributed by atoms with van der Waals surface area (Å²) in [6.45, 7) is 5.87. The first kappa shape index (κ1) is 14.7. The molecule has 1 fully saturated rings. The summed E-state index contributed by atoms with van der Waals surface area (Å²) in [4.78, 5) is 0. The van der Waals surface area contributed by atoms with Crippen molar-refractivity contribution in [3.8, 4) is 5.75 Å². The topological polar surface area (TPSA) is 35.2 Å². The standard InChI is InChI=1S/C16H24ClNO/c1-3-11(2)14-8-13(6-7-18)9-15(17)16(14)19-10-12-4-5-12/h8-9,11-12H,3-7,10,18H2,1-2H3. The molecule has 1 aliphatic carbocycles. The van der Waals surface area contributed by atoms with E-state index in [-0.39, 0.29) is 0 Å². The van der Waals surface area contributed by atoms with E-state index < -0.39 is 0 Å². The van der Waals surface area contributed by atoms with Gasteiger partial charge in [-0.05, 0) is 61.3 Å². The smallest absolute Gasteiger partial charge is 0.141 e. The van der Waals surface area contributed by atoms with Crippen molar-refractivity contribution >= 4 is 11.6 Å². The van der Waals surface area contributed by atoms with Gasteiger partial charge in [-0.2, -0.15) is 0 Å². The molecule has 1 aliphatic rings. The fourth-order valence-electron chi connectivity index (χ4n) is 2.21. The van der Waals surface area contributed by atoms with Gasteiger partial charge in [0.2, 0.25) is 0 Å². The van der Waals surface area contributed by atoms with E-state index in [0.29, 0.717) is 12.5 Å². The largest absolute Gasteiger partial charge is 0.491 e. The quantitative estimate of drug-likeness (QED) is 0.815. The second-order valence-electron chi connectivity index (χ2n) is 5.60. The van der Waals surface area contributed by atoms with E-state index in [4.69, 9.17) is 22.1 Å². The van der Waals surface area contributed by atoms with Gasteiger partial charge in [-0.25, -0.2) is 0 Å². The number of ether oxygens (including phenoxy) is 1. The van der Waals surface area contributed by atoms with Crippen molar-refractivity contribution in [2.75, 3.05) is 13.2 Å². The third-order valence-electron chi connectivity index (χ3n) is 3.87. The number of nitrogens with two attached hydrogens (primary N) is 1. The van der Waals surface area contributed by atoms with Crippen LogP contribution in [0, 0.1) is 5.92 Å². The molecule has 0 bridgehead atoms. The summed E-state index contributed by atoms with van der Waals surface area (Å²) in [6, 6.07) is 4.22. The van der Waals surface area contributed by atoms with E-state index >= 15 is 0 Å². The molecule has 0 saturated heterocycles. The Morgan fingerprint density at radius 2 is 2.16 bits per heavy atom. The van der Waals surface area contributed by atoms with Crippen LogP contribution in [-0.2, 0) is 6.42 Å². The van der Waals surface area contributed by atoms with Gasteiger partial charge in [0.05, 0.1) is 11.6 Å². The summed E-state index contributed by atoms with van der Waals surface area (Å²) in [5.74, 6) is 2.10. The lowest BCUT2D eigenvalue weighted by atomic mass is 9.95. The minimum atomic E-state index is 0.462. The lowest BCUT2D eigenvalue weighted by Gasteiger charge is -2.19. The van der Waals surface area contributed by atoms with Crippen molar-refractivity contribution in [1.29, 1.82) is 0 Å². The predicted octanol–water partition coefficient (Wildman–Crippen LogP) is 4.14. The molecule has 1 unspecified atom stereocenters. The Balaban J connectivity index is 2.25. The summed E-state index contributed by atoms with van der Waals surface area (Å²) in [7, 11) is 0. The van der Waals surface area contributed by atoms with Crippen LogP contribution in [0.25, 0.3) is 0 Å². The number of halogens is 1. The maximum atomic E-state index is 6.41. The number of hydrogen-bond acceptors (Lipinski definition) is 2. The zero-order chi connectivity index (χ0) is 13.8. The van der Waals surface area contributed by atoms with E-state index in [1.165, 1.54) is 24.0 Å². The third kappa shape index (κ3) is 3.87. The molecule has 3 heteroatoms. The molecule has 0 amide bonds. The van der Waals surface area contributed by atoms with Gasteiger partial charge >= 0.3 is 0 Å². The van der Waals surface area contributed by atoms with Crippen molar-refractivity contribution in [3.63, 3.8) is 0 Å². The Bertz CT molecular complexity index is 429. The van der Waals surface area contributed by atoms with E-state index in [1.54, 1.807) is 0 Å². The van der Waals surface area contributed by atoms with Crippen LogP contribution in [0.4, 0.5) is 0 Å². The van der Waals surface area contributed by atoms with Crippen molar-refractivity contribution in [2.24, 2.45) is 11.7 Å². The van der Waals surface area contributed by atoms with Crippen LogP contribution in [-0.4, -0.2) is 13.2 Å². The number of benzene rings is 1.